The second-order valence-corrected chi connectivity index (χ2v) is 12.0. The van der Waals surface area contributed by atoms with Crippen LogP contribution in [0.1, 0.15) is 12.5 Å². The SMILES string of the molecule is C=C1N=C(N)C=CN1[C@@H]1O[C@](CCl)(COP(O)(=P)OCC(COCC)OCc2ccccc2)[C@@H](O)[C@H]1F. The summed E-state index contributed by atoms with van der Waals surface area (Å²) in [5.74, 6) is -0.00193. The van der Waals surface area contributed by atoms with E-state index in [2.05, 4.69) is 20.1 Å². The number of halogens is 2. The predicted octanol–water partition coefficient (Wildman–Crippen LogP) is 3.14. The van der Waals surface area contributed by atoms with Gasteiger partial charge in [0.2, 0.25) is 0 Å². The average Bonchev–Trinajstić information content (AvgIpc) is 3.13. The molecule has 1 aromatic rings. The third kappa shape index (κ3) is 8.07. The van der Waals surface area contributed by atoms with Gasteiger partial charge in [-0.15, -0.1) is 11.6 Å². The smallest absolute Gasteiger partial charge is 0.274 e. The first-order valence-corrected chi connectivity index (χ1v) is 15.0. The van der Waals surface area contributed by atoms with Gasteiger partial charge in [0.1, 0.15) is 29.5 Å². The van der Waals surface area contributed by atoms with Gasteiger partial charge < -0.3 is 43.9 Å². The van der Waals surface area contributed by atoms with E-state index in [-0.39, 0.29) is 30.8 Å². The highest BCUT2D eigenvalue weighted by molar-refractivity contribution is 7.88. The molecule has 2 heterocycles. The van der Waals surface area contributed by atoms with Crippen molar-refractivity contribution in [3.05, 3.63) is 60.6 Å². The Labute approximate surface area is 223 Å². The molecular formula is C23H33ClFN3O7P2. The molecule has 1 fully saturated rings. The zero-order chi connectivity index (χ0) is 27.1. The number of ether oxygens (including phenoxy) is 3. The molecule has 0 bridgehead atoms. The van der Waals surface area contributed by atoms with Crippen molar-refractivity contribution >= 4 is 33.2 Å². The van der Waals surface area contributed by atoms with Gasteiger partial charge in [-0.2, -0.15) is 0 Å². The molecule has 3 rings (SSSR count). The lowest BCUT2D eigenvalue weighted by Gasteiger charge is -2.33. The van der Waals surface area contributed by atoms with Gasteiger partial charge in [-0.25, -0.2) is 9.38 Å². The summed E-state index contributed by atoms with van der Waals surface area (Å²) in [6.07, 6.45) is -2.46. The van der Waals surface area contributed by atoms with Crippen molar-refractivity contribution in [3.8, 4) is 0 Å². The second-order valence-electron chi connectivity index (χ2n) is 8.44. The van der Waals surface area contributed by atoms with Gasteiger partial charge in [-0.1, -0.05) is 36.9 Å². The molecule has 2 unspecified atom stereocenters. The summed E-state index contributed by atoms with van der Waals surface area (Å²) >= 11 is 6.10. The molecule has 0 radical (unpaired) electrons. The molecule has 2 aliphatic heterocycles. The highest BCUT2D eigenvalue weighted by Crippen LogP contribution is 2.51. The monoisotopic (exact) mass is 579 g/mol. The lowest BCUT2D eigenvalue weighted by atomic mass is 9.99. The molecule has 0 amide bonds. The number of benzene rings is 1. The number of nitrogens with two attached hydrogens (primary N) is 1. The van der Waals surface area contributed by atoms with E-state index in [0.29, 0.717) is 13.2 Å². The minimum Gasteiger partial charge on any atom is -0.387 e. The average molecular weight is 580 g/mol. The van der Waals surface area contributed by atoms with Gasteiger partial charge in [0.15, 0.2) is 12.4 Å². The summed E-state index contributed by atoms with van der Waals surface area (Å²) in [4.78, 5) is 16.0. The van der Waals surface area contributed by atoms with Crippen molar-refractivity contribution in [2.75, 3.05) is 32.3 Å². The van der Waals surface area contributed by atoms with Crippen molar-refractivity contribution < 1.29 is 37.6 Å². The largest absolute Gasteiger partial charge is 0.387 e. The minimum atomic E-state index is -3.64. The van der Waals surface area contributed by atoms with Crippen LogP contribution in [0.5, 0.6) is 0 Å². The van der Waals surface area contributed by atoms with Gasteiger partial charge in [0.05, 0.1) is 32.3 Å². The number of hydrogen-bond donors (Lipinski definition) is 3. The highest BCUT2D eigenvalue weighted by Gasteiger charge is 2.57. The number of hydrogen-bond acceptors (Lipinski definition) is 9. The molecular weight excluding hydrogens is 547 g/mol. The predicted molar refractivity (Wildman–Crippen MR) is 142 cm³/mol. The molecule has 2 aliphatic rings. The zero-order valence-electron chi connectivity index (χ0n) is 20.4. The summed E-state index contributed by atoms with van der Waals surface area (Å²) in [5.41, 5.74) is 4.92. The molecule has 1 aromatic carbocycles. The highest BCUT2D eigenvalue weighted by atomic mass is 35.5. The van der Waals surface area contributed by atoms with E-state index >= 15 is 4.39 Å². The zero-order valence-corrected chi connectivity index (χ0v) is 23.1. The van der Waals surface area contributed by atoms with Crippen LogP contribution >= 0.6 is 27.4 Å². The fourth-order valence-corrected chi connectivity index (χ4v) is 5.17. The van der Waals surface area contributed by atoms with E-state index in [1.54, 1.807) is 0 Å². The number of aliphatic imine (C=N–C) groups is 1. The van der Waals surface area contributed by atoms with Gasteiger partial charge >= 0.3 is 0 Å². The third-order valence-corrected chi connectivity index (χ3v) is 7.89. The number of aliphatic hydroxyl groups excluding tert-OH is 1. The van der Waals surface area contributed by atoms with Crippen molar-refractivity contribution in [2.45, 2.75) is 43.7 Å². The molecule has 0 aromatic heterocycles. The summed E-state index contributed by atoms with van der Waals surface area (Å²) in [6.45, 7) is 6.08. The Hall–Kier alpha value is -1.36. The van der Waals surface area contributed by atoms with Crippen LogP contribution in [-0.4, -0.2) is 83.3 Å². The first kappa shape index (κ1) is 30.2. The summed E-state index contributed by atoms with van der Waals surface area (Å²) in [5, 5.41) is 10.7. The van der Waals surface area contributed by atoms with E-state index in [1.807, 2.05) is 37.3 Å². The van der Waals surface area contributed by atoms with Crippen LogP contribution in [0.3, 0.4) is 0 Å². The van der Waals surface area contributed by atoms with Crippen LogP contribution in [0, 0.1) is 0 Å². The lowest BCUT2D eigenvalue weighted by Crippen LogP contribution is -2.47. The normalized spacial score (nSPS) is 28.2. The Balaban J connectivity index is 1.59. The molecule has 0 spiro atoms. The molecule has 6 atom stereocenters. The minimum absolute atomic E-state index is 0.0654. The topological polar surface area (TPSA) is 128 Å². The van der Waals surface area contributed by atoms with Gasteiger partial charge in [0, 0.05) is 12.8 Å². The number of nitrogens with zero attached hydrogens (tertiary/aromatic N) is 2. The molecule has 1 saturated heterocycles. The number of amidine groups is 1. The van der Waals surface area contributed by atoms with Crippen molar-refractivity contribution in [1.82, 2.24) is 4.90 Å². The first-order chi connectivity index (χ1) is 17.6. The number of alkyl halides is 2. The summed E-state index contributed by atoms with van der Waals surface area (Å²) < 4.78 is 43.4. The van der Waals surface area contributed by atoms with Gasteiger partial charge in [-0.05, 0) is 27.1 Å². The van der Waals surface area contributed by atoms with E-state index in [1.165, 1.54) is 17.2 Å². The molecule has 10 nitrogen and oxygen atoms in total. The Morgan fingerprint density at radius 2 is 2.08 bits per heavy atom. The fraction of sp³-hybridized carbons (Fsp3) is 0.522. The fourth-order valence-electron chi connectivity index (χ4n) is 3.62. The van der Waals surface area contributed by atoms with Crippen molar-refractivity contribution in [3.63, 3.8) is 0 Å². The summed E-state index contributed by atoms with van der Waals surface area (Å²) in [7, 11) is -0.511. The van der Waals surface area contributed by atoms with Gasteiger partial charge in [-0.3, -0.25) is 0 Å². The van der Waals surface area contributed by atoms with Crippen molar-refractivity contribution in [2.24, 2.45) is 10.7 Å². The second kappa shape index (κ2) is 13.6. The maximum absolute atomic E-state index is 15.1. The maximum Gasteiger partial charge on any atom is 0.274 e. The Morgan fingerprint density at radius 3 is 2.73 bits per heavy atom. The quantitative estimate of drug-likeness (QED) is 0.225. The van der Waals surface area contributed by atoms with Crippen LogP contribution in [0.15, 0.2) is 60.0 Å². The first-order valence-electron chi connectivity index (χ1n) is 11.6. The van der Waals surface area contributed by atoms with Crippen LogP contribution < -0.4 is 5.73 Å². The number of rotatable bonds is 14. The lowest BCUT2D eigenvalue weighted by molar-refractivity contribution is -0.119. The van der Waals surface area contributed by atoms with Gasteiger partial charge in [0.25, 0.3) is 7.23 Å². The molecule has 37 heavy (non-hydrogen) atoms. The van der Waals surface area contributed by atoms with Crippen LogP contribution in [0.4, 0.5) is 4.39 Å². The Bertz CT molecular complexity index is 1020. The molecule has 4 N–H and O–H groups in total. The van der Waals surface area contributed by atoms with E-state index in [4.69, 9.17) is 40.6 Å². The Kier molecular flexibility index (Phi) is 11.1. The van der Waals surface area contributed by atoms with Crippen LogP contribution in [-0.2, 0) is 29.9 Å². The number of aliphatic hydroxyl groups is 1. The van der Waals surface area contributed by atoms with Crippen molar-refractivity contribution in [1.29, 1.82) is 0 Å². The van der Waals surface area contributed by atoms with E-state index in [9.17, 15) is 10.00 Å². The molecule has 14 heteroatoms. The molecule has 0 aliphatic carbocycles. The maximum atomic E-state index is 15.1. The summed E-state index contributed by atoms with van der Waals surface area (Å²) in [6, 6.07) is 9.57. The Morgan fingerprint density at radius 1 is 1.35 bits per heavy atom. The standard InChI is InChI=1S/C23H33ClFN3O7P2/c1-3-31-12-18(32-11-17-7-5-4-6-8-17)13-33-37(30,36)34-15-23(14-24)21(29)20(25)22(35-23)28-10-9-19(26)27-16(28)2/h4-10,18,20-22,29-30,36H,2-3,11-15H2,1H3,(H2,26,27)/t18?,20-,21+,22-,23-,37?/m1/s1. The molecule has 206 valence electrons. The third-order valence-electron chi connectivity index (χ3n) is 5.69. The molecule has 0 saturated carbocycles. The van der Waals surface area contributed by atoms with Crippen LogP contribution in [0.25, 0.3) is 0 Å². The van der Waals surface area contributed by atoms with E-state index < -0.39 is 44.0 Å². The van der Waals surface area contributed by atoms with E-state index in [0.717, 1.165) is 5.56 Å². The van der Waals surface area contributed by atoms with Crippen LogP contribution in [0.2, 0.25) is 0 Å².